The van der Waals surface area contributed by atoms with Gasteiger partial charge in [0.1, 0.15) is 0 Å². The van der Waals surface area contributed by atoms with Crippen molar-refractivity contribution < 1.29 is 9.59 Å². The van der Waals surface area contributed by atoms with Gasteiger partial charge in [-0.2, -0.15) is 0 Å². The van der Waals surface area contributed by atoms with Crippen LogP contribution in [0.25, 0.3) is 0 Å². The van der Waals surface area contributed by atoms with E-state index in [0.717, 1.165) is 17.3 Å². The topological polar surface area (TPSA) is 49.4 Å². The molecular weight excluding hydrogens is 308 g/mol. The van der Waals surface area contributed by atoms with Gasteiger partial charge in [0, 0.05) is 16.1 Å². The maximum absolute atomic E-state index is 12.1. The number of halogens is 1. The van der Waals surface area contributed by atoms with Crippen molar-refractivity contribution in [2.45, 2.75) is 18.9 Å². The van der Waals surface area contributed by atoms with Crippen molar-refractivity contribution in [2.75, 3.05) is 20.1 Å². The number of carbonyl (C=O) groups is 2. The van der Waals surface area contributed by atoms with Gasteiger partial charge in [0.25, 0.3) is 0 Å². The van der Waals surface area contributed by atoms with E-state index in [-0.39, 0.29) is 24.8 Å². The van der Waals surface area contributed by atoms with Crippen LogP contribution in [0.2, 0.25) is 0 Å². The molecule has 1 aliphatic carbocycles. The SMILES string of the molecule is CN(CC(=O)NC1CC1)CC(=O)c1ccccc1Br. The molecule has 19 heavy (non-hydrogen) atoms. The standard InChI is InChI=1S/C14H17BrN2O2/c1-17(9-14(19)16-10-6-7-10)8-13(18)11-4-2-3-5-12(11)15/h2-5,10H,6-9H2,1H3,(H,16,19). The molecule has 0 aromatic heterocycles. The Morgan fingerprint density at radius 2 is 2.00 bits per heavy atom. The molecule has 0 unspecified atom stereocenters. The molecule has 1 saturated carbocycles. The van der Waals surface area contributed by atoms with Gasteiger partial charge in [-0.05, 0) is 26.0 Å². The summed E-state index contributed by atoms with van der Waals surface area (Å²) in [4.78, 5) is 25.4. The second-order valence-corrected chi connectivity index (χ2v) is 5.77. The van der Waals surface area contributed by atoms with Gasteiger partial charge in [0.05, 0.1) is 13.1 Å². The van der Waals surface area contributed by atoms with Crippen LogP contribution in [0.3, 0.4) is 0 Å². The van der Waals surface area contributed by atoms with E-state index in [2.05, 4.69) is 21.2 Å². The molecule has 1 fully saturated rings. The van der Waals surface area contributed by atoms with E-state index < -0.39 is 0 Å². The highest BCUT2D eigenvalue weighted by Gasteiger charge is 2.23. The third kappa shape index (κ3) is 4.44. The molecular formula is C14H17BrN2O2. The zero-order valence-corrected chi connectivity index (χ0v) is 12.4. The molecule has 4 nitrogen and oxygen atoms in total. The first-order valence-corrected chi connectivity index (χ1v) is 7.11. The van der Waals surface area contributed by atoms with Gasteiger partial charge in [-0.15, -0.1) is 0 Å². The molecule has 1 amide bonds. The quantitative estimate of drug-likeness (QED) is 0.812. The number of likely N-dealkylation sites (N-methyl/N-ethyl adjacent to an activating group) is 1. The lowest BCUT2D eigenvalue weighted by atomic mass is 10.1. The molecule has 0 spiro atoms. The van der Waals surface area contributed by atoms with Crippen LogP contribution in [0.15, 0.2) is 28.7 Å². The summed E-state index contributed by atoms with van der Waals surface area (Å²) in [6, 6.07) is 7.68. The molecule has 0 atom stereocenters. The second kappa shape index (κ2) is 6.30. The smallest absolute Gasteiger partial charge is 0.234 e. The molecule has 1 N–H and O–H groups in total. The minimum Gasteiger partial charge on any atom is -0.352 e. The first-order chi connectivity index (χ1) is 9.06. The molecule has 0 bridgehead atoms. The number of hydrogen-bond donors (Lipinski definition) is 1. The normalized spacial score (nSPS) is 14.5. The van der Waals surface area contributed by atoms with Gasteiger partial charge in [-0.25, -0.2) is 0 Å². The molecule has 0 radical (unpaired) electrons. The van der Waals surface area contributed by atoms with Crippen molar-refractivity contribution in [2.24, 2.45) is 0 Å². The molecule has 1 aliphatic rings. The number of amides is 1. The molecule has 0 saturated heterocycles. The minimum atomic E-state index is -0.00933. The second-order valence-electron chi connectivity index (χ2n) is 4.92. The lowest BCUT2D eigenvalue weighted by Gasteiger charge is -2.15. The summed E-state index contributed by atoms with van der Waals surface area (Å²) in [6.45, 7) is 0.493. The van der Waals surface area contributed by atoms with Crippen LogP contribution in [0.4, 0.5) is 0 Å². The van der Waals surface area contributed by atoms with Crippen LogP contribution in [0.1, 0.15) is 23.2 Å². The number of carbonyl (C=O) groups excluding carboxylic acids is 2. The third-order valence-corrected chi connectivity index (χ3v) is 3.64. The van der Waals surface area contributed by atoms with E-state index >= 15 is 0 Å². The van der Waals surface area contributed by atoms with Gasteiger partial charge < -0.3 is 5.32 Å². The van der Waals surface area contributed by atoms with Gasteiger partial charge in [-0.1, -0.05) is 34.1 Å². The van der Waals surface area contributed by atoms with E-state index in [4.69, 9.17) is 0 Å². The number of Topliss-reactive ketones (excluding diaryl/α,β-unsaturated/α-hetero) is 1. The minimum absolute atomic E-state index is 0.00852. The molecule has 0 heterocycles. The Kier molecular flexibility index (Phi) is 4.71. The first-order valence-electron chi connectivity index (χ1n) is 6.32. The first kappa shape index (κ1) is 14.2. The highest BCUT2D eigenvalue weighted by Crippen LogP contribution is 2.18. The molecule has 1 aromatic rings. The van der Waals surface area contributed by atoms with Crippen molar-refractivity contribution in [3.8, 4) is 0 Å². The fraction of sp³-hybridized carbons (Fsp3) is 0.429. The average molecular weight is 325 g/mol. The molecule has 1 aromatic carbocycles. The van der Waals surface area contributed by atoms with Gasteiger partial charge in [0.15, 0.2) is 5.78 Å². The van der Waals surface area contributed by atoms with Gasteiger partial charge in [-0.3, -0.25) is 14.5 Å². The van der Waals surface area contributed by atoms with Crippen LogP contribution in [0.5, 0.6) is 0 Å². The highest BCUT2D eigenvalue weighted by molar-refractivity contribution is 9.10. The Morgan fingerprint density at radius 3 is 2.63 bits per heavy atom. The van der Waals surface area contributed by atoms with E-state index in [1.807, 2.05) is 18.2 Å². The number of benzene rings is 1. The van der Waals surface area contributed by atoms with E-state index in [9.17, 15) is 9.59 Å². The summed E-state index contributed by atoms with van der Waals surface area (Å²) >= 11 is 3.36. The Hall–Kier alpha value is -1.20. The summed E-state index contributed by atoms with van der Waals surface area (Å²) in [5, 5.41) is 2.91. The van der Waals surface area contributed by atoms with E-state index in [0.29, 0.717) is 11.6 Å². The number of rotatable bonds is 6. The predicted molar refractivity (Wildman–Crippen MR) is 77.1 cm³/mol. The zero-order chi connectivity index (χ0) is 13.8. The maximum atomic E-state index is 12.1. The fourth-order valence-corrected chi connectivity index (χ4v) is 2.33. The summed E-state index contributed by atoms with van der Waals surface area (Å²) in [7, 11) is 1.78. The fourth-order valence-electron chi connectivity index (χ4n) is 1.82. The monoisotopic (exact) mass is 324 g/mol. The summed E-state index contributed by atoms with van der Waals surface area (Å²) in [5.41, 5.74) is 0.650. The van der Waals surface area contributed by atoms with E-state index in [1.165, 1.54) is 0 Å². The lowest BCUT2D eigenvalue weighted by Crippen LogP contribution is -2.38. The maximum Gasteiger partial charge on any atom is 0.234 e. The number of hydrogen-bond acceptors (Lipinski definition) is 3. The molecule has 102 valence electrons. The van der Waals surface area contributed by atoms with Crippen molar-refractivity contribution in [1.29, 1.82) is 0 Å². The van der Waals surface area contributed by atoms with Crippen molar-refractivity contribution in [3.05, 3.63) is 34.3 Å². The number of nitrogens with one attached hydrogen (secondary N) is 1. The largest absolute Gasteiger partial charge is 0.352 e. The summed E-state index contributed by atoms with van der Waals surface area (Å²) in [6.07, 6.45) is 2.15. The van der Waals surface area contributed by atoms with Crippen LogP contribution in [0, 0.1) is 0 Å². The molecule has 5 heteroatoms. The Labute approximate surface area is 121 Å². The van der Waals surface area contributed by atoms with Gasteiger partial charge in [0.2, 0.25) is 5.91 Å². The van der Waals surface area contributed by atoms with Crippen LogP contribution < -0.4 is 5.32 Å². The summed E-state index contributed by atoms with van der Waals surface area (Å²) in [5.74, 6) is -0.000811. The van der Waals surface area contributed by atoms with Crippen LogP contribution in [-0.4, -0.2) is 42.8 Å². The molecule has 2 rings (SSSR count). The highest BCUT2D eigenvalue weighted by atomic mass is 79.9. The Morgan fingerprint density at radius 1 is 1.32 bits per heavy atom. The summed E-state index contributed by atoms with van der Waals surface area (Å²) < 4.78 is 0.788. The number of ketones is 1. The van der Waals surface area contributed by atoms with Crippen molar-refractivity contribution in [3.63, 3.8) is 0 Å². The van der Waals surface area contributed by atoms with Crippen LogP contribution >= 0.6 is 15.9 Å². The average Bonchev–Trinajstić information content (AvgIpc) is 3.12. The number of nitrogens with zero attached hydrogens (tertiary/aromatic N) is 1. The van der Waals surface area contributed by atoms with Crippen molar-refractivity contribution >= 4 is 27.6 Å². The Bertz CT molecular complexity index is 486. The lowest BCUT2D eigenvalue weighted by molar-refractivity contribution is -0.121. The van der Waals surface area contributed by atoms with Crippen molar-refractivity contribution in [1.82, 2.24) is 10.2 Å². The third-order valence-electron chi connectivity index (χ3n) is 2.94. The van der Waals surface area contributed by atoms with Gasteiger partial charge >= 0.3 is 0 Å². The van der Waals surface area contributed by atoms with Crippen LogP contribution in [-0.2, 0) is 4.79 Å². The molecule has 0 aliphatic heterocycles. The predicted octanol–water partition coefficient (Wildman–Crippen LogP) is 1.84. The zero-order valence-electron chi connectivity index (χ0n) is 10.9. The Balaban J connectivity index is 1.84. The van der Waals surface area contributed by atoms with E-state index in [1.54, 1.807) is 18.0 Å².